The van der Waals surface area contributed by atoms with Crippen LogP contribution in [0, 0.1) is 5.41 Å². The standard InChI is InChI=1S/C19H29BrN2O3/c1-9-19(6,12-25-18(3,4)5)15-11-14(17(23)24-8)21-16(22(15)7)10-13(2)20/h10-11H,2,9,12H2,1,3-8H3/b16-10-. The summed E-state index contributed by atoms with van der Waals surface area (Å²) in [5.74, 6) is 0.155. The van der Waals surface area contributed by atoms with E-state index in [9.17, 15) is 4.79 Å². The third-order valence-corrected chi connectivity index (χ3v) is 4.35. The number of methoxy groups -OCH3 is 1. The molecule has 0 aromatic carbocycles. The van der Waals surface area contributed by atoms with Crippen molar-refractivity contribution < 1.29 is 14.3 Å². The summed E-state index contributed by atoms with van der Waals surface area (Å²) in [6, 6.07) is 0. The first-order valence-corrected chi connectivity index (χ1v) is 9.06. The van der Waals surface area contributed by atoms with Gasteiger partial charge in [-0.3, -0.25) is 0 Å². The van der Waals surface area contributed by atoms with E-state index in [0.29, 0.717) is 16.9 Å². The van der Waals surface area contributed by atoms with E-state index < -0.39 is 5.97 Å². The smallest absolute Gasteiger partial charge is 0.356 e. The third kappa shape index (κ3) is 5.82. The summed E-state index contributed by atoms with van der Waals surface area (Å²) in [7, 11) is 3.28. The van der Waals surface area contributed by atoms with Crippen LogP contribution in [0.1, 0.15) is 41.0 Å². The maximum absolute atomic E-state index is 12.1. The van der Waals surface area contributed by atoms with E-state index in [4.69, 9.17) is 9.47 Å². The van der Waals surface area contributed by atoms with Gasteiger partial charge in [0.15, 0.2) is 5.71 Å². The van der Waals surface area contributed by atoms with E-state index in [1.807, 2.05) is 32.7 Å². The van der Waals surface area contributed by atoms with Crippen molar-refractivity contribution in [1.29, 1.82) is 0 Å². The van der Waals surface area contributed by atoms with Crippen LogP contribution in [-0.4, -0.2) is 42.9 Å². The SMILES string of the molecule is C=C(Br)/C=C1/N=C(C(=O)OC)C=C(C(C)(CC)COC(C)(C)C)N1C. The zero-order valence-corrected chi connectivity index (χ0v) is 17.9. The van der Waals surface area contributed by atoms with Gasteiger partial charge in [0.1, 0.15) is 5.82 Å². The fraction of sp³-hybridized carbons (Fsp3) is 0.579. The molecule has 0 saturated carbocycles. The minimum atomic E-state index is -0.466. The number of aliphatic imine (C=N–C) groups is 1. The minimum Gasteiger partial charge on any atom is -0.464 e. The lowest BCUT2D eigenvalue weighted by atomic mass is 9.82. The molecule has 1 aliphatic rings. The van der Waals surface area contributed by atoms with E-state index in [1.165, 1.54) is 7.11 Å². The van der Waals surface area contributed by atoms with Gasteiger partial charge in [-0.05, 0) is 39.3 Å². The predicted molar refractivity (Wildman–Crippen MR) is 106 cm³/mol. The average Bonchev–Trinajstić information content (AvgIpc) is 2.52. The third-order valence-electron chi connectivity index (χ3n) is 4.12. The molecule has 0 aromatic rings. The van der Waals surface area contributed by atoms with E-state index in [1.54, 1.807) is 12.2 Å². The lowest BCUT2D eigenvalue weighted by Gasteiger charge is -2.40. The number of esters is 1. The lowest BCUT2D eigenvalue weighted by Crippen LogP contribution is -2.39. The highest BCUT2D eigenvalue weighted by Crippen LogP contribution is 2.38. The monoisotopic (exact) mass is 412 g/mol. The van der Waals surface area contributed by atoms with Crippen LogP contribution < -0.4 is 0 Å². The summed E-state index contributed by atoms with van der Waals surface area (Å²) in [6.07, 6.45) is 4.41. The van der Waals surface area contributed by atoms with Gasteiger partial charge in [0, 0.05) is 22.6 Å². The van der Waals surface area contributed by atoms with Gasteiger partial charge in [-0.25, -0.2) is 9.79 Å². The fourth-order valence-corrected chi connectivity index (χ4v) is 2.58. The van der Waals surface area contributed by atoms with Gasteiger partial charge in [0.25, 0.3) is 0 Å². The van der Waals surface area contributed by atoms with Crippen molar-refractivity contribution in [1.82, 2.24) is 4.90 Å². The Labute approximate surface area is 159 Å². The van der Waals surface area contributed by atoms with Gasteiger partial charge in [-0.15, -0.1) is 0 Å². The summed E-state index contributed by atoms with van der Waals surface area (Å²) in [6.45, 7) is 14.7. The molecule has 0 aliphatic carbocycles. The molecule has 0 radical (unpaired) electrons. The predicted octanol–water partition coefficient (Wildman–Crippen LogP) is 4.41. The average molecular weight is 413 g/mol. The van der Waals surface area contributed by atoms with Crippen LogP contribution in [0.15, 0.2) is 39.7 Å². The summed E-state index contributed by atoms with van der Waals surface area (Å²) >= 11 is 3.33. The molecule has 0 N–H and O–H groups in total. The molecular weight excluding hydrogens is 384 g/mol. The van der Waals surface area contributed by atoms with Gasteiger partial charge in [0.2, 0.25) is 0 Å². The van der Waals surface area contributed by atoms with Crippen molar-refractivity contribution >= 4 is 27.6 Å². The zero-order valence-electron chi connectivity index (χ0n) is 16.3. The van der Waals surface area contributed by atoms with Crippen LogP contribution in [-0.2, 0) is 14.3 Å². The molecule has 1 heterocycles. The molecule has 0 fully saturated rings. The highest BCUT2D eigenvalue weighted by molar-refractivity contribution is 9.11. The number of allylic oxidation sites excluding steroid dienone is 2. The molecule has 5 nitrogen and oxygen atoms in total. The fourth-order valence-electron chi connectivity index (χ4n) is 2.37. The van der Waals surface area contributed by atoms with E-state index >= 15 is 0 Å². The molecule has 0 amide bonds. The molecule has 0 spiro atoms. The Balaban J connectivity index is 3.36. The molecule has 140 valence electrons. The summed E-state index contributed by atoms with van der Waals surface area (Å²) in [5.41, 5.74) is 0.691. The van der Waals surface area contributed by atoms with Crippen LogP contribution in [0.5, 0.6) is 0 Å². The van der Waals surface area contributed by atoms with E-state index in [2.05, 4.69) is 41.3 Å². The molecule has 0 aromatic heterocycles. The van der Waals surface area contributed by atoms with Gasteiger partial charge in [-0.2, -0.15) is 0 Å². The summed E-state index contributed by atoms with van der Waals surface area (Å²) in [5, 5.41) is 0. The number of carbonyl (C=O) groups excluding carboxylic acids is 1. The van der Waals surface area contributed by atoms with Gasteiger partial charge in [-0.1, -0.05) is 36.4 Å². The topological polar surface area (TPSA) is 51.1 Å². The summed E-state index contributed by atoms with van der Waals surface area (Å²) < 4.78 is 11.6. The van der Waals surface area contributed by atoms with Crippen molar-refractivity contribution in [3.63, 3.8) is 0 Å². The highest BCUT2D eigenvalue weighted by atomic mass is 79.9. The quantitative estimate of drug-likeness (QED) is 0.606. The molecular formula is C19H29BrN2O3. The largest absolute Gasteiger partial charge is 0.464 e. The number of hydrogen-bond donors (Lipinski definition) is 0. The molecule has 0 saturated heterocycles. The molecule has 0 bridgehead atoms. The second kappa shape index (κ2) is 8.32. The second-order valence-electron chi connectivity index (χ2n) is 7.34. The van der Waals surface area contributed by atoms with Crippen LogP contribution in [0.2, 0.25) is 0 Å². The number of hydrogen-bond acceptors (Lipinski definition) is 5. The second-order valence-corrected chi connectivity index (χ2v) is 8.36. The molecule has 6 heteroatoms. The van der Waals surface area contributed by atoms with Crippen LogP contribution in [0.25, 0.3) is 0 Å². The molecule has 1 rings (SSSR count). The molecule has 1 atom stereocenters. The van der Waals surface area contributed by atoms with Gasteiger partial charge in [0.05, 0.1) is 19.3 Å². The molecule has 1 unspecified atom stereocenters. The maximum atomic E-state index is 12.1. The van der Waals surface area contributed by atoms with Crippen LogP contribution in [0.3, 0.4) is 0 Å². The Bertz CT molecular complexity index is 629. The number of halogens is 1. The van der Waals surface area contributed by atoms with Gasteiger partial charge < -0.3 is 14.4 Å². The molecule has 25 heavy (non-hydrogen) atoms. The Morgan fingerprint density at radius 1 is 1.40 bits per heavy atom. The first-order chi connectivity index (χ1) is 11.4. The normalized spacial score (nSPS) is 19.2. The number of carbonyl (C=O) groups is 1. The molecule has 1 aliphatic heterocycles. The van der Waals surface area contributed by atoms with Crippen LogP contribution in [0.4, 0.5) is 0 Å². The Hall–Kier alpha value is -1.40. The van der Waals surface area contributed by atoms with E-state index in [-0.39, 0.29) is 16.7 Å². The van der Waals surface area contributed by atoms with Crippen molar-refractivity contribution in [2.75, 3.05) is 20.8 Å². The first kappa shape index (κ1) is 21.6. The van der Waals surface area contributed by atoms with Crippen molar-refractivity contribution in [2.24, 2.45) is 10.4 Å². The number of ether oxygens (including phenoxy) is 2. The first-order valence-electron chi connectivity index (χ1n) is 8.26. The van der Waals surface area contributed by atoms with E-state index in [0.717, 1.165) is 12.1 Å². The van der Waals surface area contributed by atoms with Crippen molar-refractivity contribution in [2.45, 2.75) is 46.6 Å². The highest BCUT2D eigenvalue weighted by Gasteiger charge is 2.35. The number of rotatable bonds is 6. The Morgan fingerprint density at radius 2 is 2.00 bits per heavy atom. The lowest BCUT2D eigenvalue weighted by molar-refractivity contribution is -0.132. The Kier molecular flexibility index (Phi) is 7.20. The van der Waals surface area contributed by atoms with Crippen molar-refractivity contribution in [3.05, 3.63) is 34.7 Å². The Morgan fingerprint density at radius 3 is 2.44 bits per heavy atom. The zero-order chi connectivity index (χ0) is 19.4. The maximum Gasteiger partial charge on any atom is 0.356 e. The summed E-state index contributed by atoms with van der Waals surface area (Å²) in [4.78, 5) is 18.4. The van der Waals surface area contributed by atoms with Crippen molar-refractivity contribution in [3.8, 4) is 0 Å². The van der Waals surface area contributed by atoms with Gasteiger partial charge >= 0.3 is 5.97 Å². The van der Waals surface area contributed by atoms with Crippen LogP contribution >= 0.6 is 15.9 Å². The minimum absolute atomic E-state index is 0.244. The number of nitrogens with zero attached hydrogens (tertiary/aromatic N) is 2.